The first kappa shape index (κ1) is 20.9. The van der Waals surface area contributed by atoms with Crippen molar-refractivity contribution >= 4 is 40.9 Å². The van der Waals surface area contributed by atoms with Crippen molar-refractivity contribution < 1.29 is 14.4 Å². The summed E-state index contributed by atoms with van der Waals surface area (Å²) in [5.74, 6) is 0.356. The molecule has 0 radical (unpaired) electrons. The van der Waals surface area contributed by atoms with E-state index in [2.05, 4.69) is 10.6 Å². The third-order valence-electron chi connectivity index (χ3n) is 4.79. The zero-order chi connectivity index (χ0) is 20.6. The Bertz CT molecular complexity index is 855. The van der Waals surface area contributed by atoms with E-state index in [9.17, 15) is 14.4 Å². The minimum absolute atomic E-state index is 0.127. The van der Waals surface area contributed by atoms with Crippen molar-refractivity contribution in [1.29, 1.82) is 0 Å². The molecule has 29 heavy (non-hydrogen) atoms. The Labute approximate surface area is 175 Å². The van der Waals surface area contributed by atoms with Crippen LogP contribution in [0.1, 0.15) is 29.6 Å². The molecule has 3 amide bonds. The van der Waals surface area contributed by atoms with Gasteiger partial charge in [-0.1, -0.05) is 18.2 Å². The molecule has 2 N–H and O–H groups in total. The van der Waals surface area contributed by atoms with Crippen molar-refractivity contribution in [3.63, 3.8) is 0 Å². The summed E-state index contributed by atoms with van der Waals surface area (Å²) < 4.78 is 0. The maximum Gasteiger partial charge on any atom is 0.251 e. The third kappa shape index (κ3) is 5.60. The Kier molecular flexibility index (Phi) is 7.30. The highest BCUT2D eigenvalue weighted by atomic mass is 32.2. The lowest BCUT2D eigenvalue weighted by molar-refractivity contribution is -0.118. The van der Waals surface area contributed by atoms with Crippen molar-refractivity contribution in [3.8, 4) is 0 Å². The first-order valence-electron chi connectivity index (χ1n) is 9.64. The number of thioether (sulfide) groups is 1. The fraction of sp³-hybridized carbons (Fsp3) is 0.318. The van der Waals surface area contributed by atoms with Crippen LogP contribution in [0.15, 0.2) is 54.6 Å². The lowest BCUT2D eigenvalue weighted by Crippen LogP contribution is -2.44. The highest BCUT2D eigenvalue weighted by Gasteiger charge is 2.23. The number of carbonyl (C=O) groups excluding carboxylic acids is 3. The molecule has 1 fully saturated rings. The van der Waals surface area contributed by atoms with E-state index in [-0.39, 0.29) is 17.7 Å². The van der Waals surface area contributed by atoms with Crippen LogP contribution in [0.2, 0.25) is 0 Å². The Hall–Kier alpha value is -2.80. The molecular weight excluding hydrogens is 386 g/mol. The monoisotopic (exact) mass is 411 g/mol. The van der Waals surface area contributed by atoms with E-state index in [4.69, 9.17) is 0 Å². The molecule has 1 unspecified atom stereocenters. The molecule has 1 saturated heterocycles. The van der Waals surface area contributed by atoms with Gasteiger partial charge in [-0.15, -0.1) is 0 Å². The molecule has 2 aromatic carbocycles. The molecule has 3 rings (SSSR count). The summed E-state index contributed by atoms with van der Waals surface area (Å²) in [7, 11) is 0. The van der Waals surface area contributed by atoms with E-state index in [1.807, 2.05) is 24.5 Å². The Morgan fingerprint density at radius 2 is 1.83 bits per heavy atom. The molecule has 2 aromatic rings. The average Bonchev–Trinajstić information content (AvgIpc) is 3.18. The first-order valence-corrected chi connectivity index (χ1v) is 11.0. The second-order valence-corrected chi connectivity index (χ2v) is 7.84. The van der Waals surface area contributed by atoms with E-state index in [0.717, 1.165) is 24.4 Å². The molecule has 1 aliphatic rings. The number of hydrogen-bond acceptors (Lipinski definition) is 4. The summed E-state index contributed by atoms with van der Waals surface area (Å²) in [5, 5.41) is 5.70. The van der Waals surface area contributed by atoms with Gasteiger partial charge in [0.15, 0.2) is 0 Å². The van der Waals surface area contributed by atoms with Crippen LogP contribution in [0.25, 0.3) is 0 Å². The fourth-order valence-corrected chi connectivity index (χ4v) is 3.68. The normalized spacial score (nSPS) is 14.5. The van der Waals surface area contributed by atoms with Crippen molar-refractivity contribution in [1.82, 2.24) is 5.32 Å². The maximum atomic E-state index is 12.8. The molecular formula is C22H25N3O3S. The number of hydrogen-bond donors (Lipinski definition) is 2. The van der Waals surface area contributed by atoms with Gasteiger partial charge in [-0.2, -0.15) is 11.8 Å². The minimum atomic E-state index is -0.630. The van der Waals surface area contributed by atoms with Crippen LogP contribution >= 0.6 is 11.8 Å². The van der Waals surface area contributed by atoms with Gasteiger partial charge in [-0.3, -0.25) is 14.4 Å². The second kappa shape index (κ2) is 10.1. The van der Waals surface area contributed by atoms with Crippen molar-refractivity contribution in [2.45, 2.75) is 25.3 Å². The van der Waals surface area contributed by atoms with Gasteiger partial charge in [0, 0.05) is 29.9 Å². The number of benzene rings is 2. The van der Waals surface area contributed by atoms with Crippen LogP contribution in [0, 0.1) is 0 Å². The fourth-order valence-electron chi connectivity index (χ4n) is 3.21. The van der Waals surface area contributed by atoms with E-state index in [0.29, 0.717) is 24.1 Å². The summed E-state index contributed by atoms with van der Waals surface area (Å²) in [5.41, 5.74) is 1.99. The smallest absolute Gasteiger partial charge is 0.251 e. The van der Waals surface area contributed by atoms with Crippen LogP contribution in [-0.4, -0.2) is 42.3 Å². The lowest BCUT2D eigenvalue weighted by Gasteiger charge is -2.19. The van der Waals surface area contributed by atoms with E-state index in [1.165, 1.54) is 0 Å². The zero-order valence-electron chi connectivity index (χ0n) is 16.4. The van der Waals surface area contributed by atoms with Crippen molar-refractivity contribution in [3.05, 3.63) is 60.2 Å². The number of carbonyl (C=O) groups is 3. The molecule has 1 heterocycles. The van der Waals surface area contributed by atoms with Gasteiger partial charge in [-0.25, -0.2) is 0 Å². The summed E-state index contributed by atoms with van der Waals surface area (Å²) >= 11 is 1.62. The van der Waals surface area contributed by atoms with E-state index < -0.39 is 6.04 Å². The first-order chi connectivity index (χ1) is 14.1. The topological polar surface area (TPSA) is 78.5 Å². The Morgan fingerprint density at radius 3 is 2.45 bits per heavy atom. The Morgan fingerprint density at radius 1 is 1.10 bits per heavy atom. The SMILES string of the molecule is CSCCC(NC(=O)c1ccccc1)C(=O)Nc1ccc(N2CCCC2=O)cc1. The predicted molar refractivity (Wildman–Crippen MR) is 117 cm³/mol. The van der Waals surface area contributed by atoms with Crippen LogP contribution in [0.5, 0.6) is 0 Å². The van der Waals surface area contributed by atoms with Crippen LogP contribution in [0.3, 0.4) is 0 Å². The molecule has 7 heteroatoms. The highest BCUT2D eigenvalue weighted by Crippen LogP contribution is 2.23. The quantitative estimate of drug-likeness (QED) is 0.699. The van der Waals surface area contributed by atoms with Crippen LogP contribution in [0.4, 0.5) is 11.4 Å². The van der Waals surface area contributed by atoms with Gasteiger partial charge in [0.25, 0.3) is 5.91 Å². The van der Waals surface area contributed by atoms with Gasteiger partial charge in [0.1, 0.15) is 6.04 Å². The van der Waals surface area contributed by atoms with E-state index >= 15 is 0 Å². The molecule has 0 bridgehead atoms. The van der Waals surface area contributed by atoms with Crippen molar-refractivity contribution in [2.75, 3.05) is 28.8 Å². The maximum absolute atomic E-state index is 12.8. The highest BCUT2D eigenvalue weighted by molar-refractivity contribution is 7.98. The molecule has 0 aliphatic carbocycles. The molecule has 0 saturated carbocycles. The third-order valence-corrected chi connectivity index (χ3v) is 5.43. The lowest BCUT2D eigenvalue weighted by atomic mass is 10.1. The van der Waals surface area contributed by atoms with Crippen LogP contribution < -0.4 is 15.5 Å². The van der Waals surface area contributed by atoms with Gasteiger partial charge in [0.05, 0.1) is 0 Å². The van der Waals surface area contributed by atoms with Gasteiger partial charge in [-0.05, 0) is 61.2 Å². The molecule has 0 aromatic heterocycles. The average molecular weight is 412 g/mol. The summed E-state index contributed by atoms with van der Waals surface area (Å²) in [4.78, 5) is 38.9. The van der Waals surface area contributed by atoms with Gasteiger partial charge >= 0.3 is 0 Å². The standard InChI is InChI=1S/C22H25N3O3S/c1-29-15-13-19(24-21(27)16-6-3-2-4-7-16)22(28)23-17-9-11-18(12-10-17)25-14-5-8-20(25)26/h2-4,6-7,9-12,19H,5,8,13-15H2,1H3,(H,23,28)(H,24,27). The van der Waals surface area contributed by atoms with Gasteiger partial charge in [0.2, 0.25) is 11.8 Å². The molecule has 1 aliphatic heterocycles. The molecule has 6 nitrogen and oxygen atoms in total. The second-order valence-electron chi connectivity index (χ2n) is 6.86. The molecule has 1 atom stereocenters. The number of nitrogens with zero attached hydrogens (tertiary/aromatic N) is 1. The molecule has 152 valence electrons. The summed E-state index contributed by atoms with van der Waals surface area (Å²) in [6.45, 7) is 0.729. The van der Waals surface area contributed by atoms with E-state index in [1.54, 1.807) is 53.1 Å². The van der Waals surface area contributed by atoms with Gasteiger partial charge < -0.3 is 15.5 Å². The molecule has 0 spiro atoms. The predicted octanol–water partition coefficient (Wildman–Crippen LogP) is 3.30. The number of anilines is 2. The van der Waals surface area contributed by atoms with Crippen LogP contribution in [-0.2, 0) is 9.59 Å². The largest absolute Gasteiger partial charge is 0.340 e. The minimum Gasteiger partial charge on any atom is -0.340 e. The summed E-state index contributed by atoms with van der Waals surface area (Å²) in [6, 6.07) is 15.5. The van der Waals surface area contributed by atoms with Crippen molar-refractivity contribution in [2.24, 2.45) is 0 Å². The number of nitrogens with one attached hydrogen (secondary N) is 2. The zero-order valence-corrected chi connectivity index (χ0v) is 17.2. The Balaban J connectivity index is 1.64. The number of amides is 3. The summed E-state index contributed by atoms with van der Waals surface area (Å²) in [6.07, 6.45) is 3.95. The number of rotatable bonds is 8.